The molecular formula is C24H22N2O2S. The van der Waals surface area contributed by atoms with Gasteiger partial charge in [0, 0.05) is 16.9 Å². The van der Waals surface area contributed by atoms with Crippen LogP contribution in [0.2, 0.25) is 0 Å². The molecule has 1 heterocycles. The number of carbonyl (C=O) groups is 2. The Morgan fingerprint density at radius 2 is 1.72 bits per heavy atom. The lowest BCUT2D eigenvalue weighted by atomic mass is 10.1. The second kappa shape index (κ2) is 8.13. The molecule has 0 bridgehead atoms. The molecule has 2 amide bonds. The quantitative estimate of drug-likeness (QED) is 0.641. The Labute approximate surface area is 174 Å². The van der Waals surface area contributed by atoms with Crippen LogP contribution in [0, 0.1) is 13.8 Å². The molecule has 1 aliphatic rings. The van der Waals surface area contributed by atoms with E-state index in [0.29, 0.717) is 11.3 Å². The number of aryl methyl sites for hydroxylation is 2. The third-order valence-electron chi connectivity index (χ3n) is 4.89. The molecule has 0 unspecified atom stereocenters. The highest BCUT2D eigenvalue weighted by Crippen LogP contribution is 2.42. The van der Waals surface area contributed by atoms with Crippen molar-refractivity contribution in [3.8, 4) is 0 Å². The van der Waals surface area contributed by atoms with E-state index in [2.05, 4.69) is 5.32 Å². The molecule has 29 heavy (non-hydrogen) atoms. The van der Waals surface area contributed by atoms with Crippen LogP contribution >= 0.6 is 11.8 Å². The van der Waals surface area contributed by atoms with Gasteiger partial charge in [0.05, 0.1) is 5.75 Å². The molecule has 3 aromatic carbocycles. The molecule has 146 valence electrons. The summed E-state index contributed by atoms with van der Waals surface area (Å²) in [4.78, 5) is 27.0. The molecule has 4 nitrogen and oxygen atoms in total. The summed E-state index contributed by atoms with van der Waals surface area (Å²) in [5.74, 6) is 0.394. The maximum absolute atomic E-state index is 12.6. The number of hydrogen-bond donors (Lipinski definition) is 1. The minimum atomic E-state index is -0.146. The van der Waals surface area contributed by atoms with Crippen molar-refractivity contribution in [3.63, 3.8) is 0 Å². The number of amides is 2. The molecule has 0 radical (unpaired) electrons. The highest BCUT2D eigenvalue weighted by molar-refractivity contribution is 8.00. The number of thioether (sulfide) groups is 1. The normalized spacial score (nSPS) is 16.1. The van der Waals surface area contributed by atoms with Crippen LogP contribution in [0.15, 0.2) is 72.8 Å². The molecule has 0 aromatic heterocycles. The Kier molecular flexibility index (Phi) is 5.41. The van der Waals surface area contributed by atoms with Crippen LogP contribution in [-0.4, -0.2) is 17.6 Å². The maximum Gasteiger partial charge on any atom is 0.255 e. The van der Waals surface area contributed by atoms with Crippen molar-refractivity contribution in [2.24, 2.45) is 0 Å². The topological polar surface area (TPSA) is 49.4 Å². The Bertz CT molecular complexity index is 1060. The van der Waals surface area contributed by atoms with Gasteiger partial charge in [-0.25, -0.2) is 0 Å². The Hall–Kier alpha value is -3.05. The molecule has 1 fully saturated rings. The fraction of sp³-hybridized carbons (Fsp3) is 0.167. The van der Waals surface area contributed by atoms with Crippen LogP contribution in [0.25, 0.3) is 0 Å². The van der Waals surface area contributed by atoms with Gasteiger partial charge in [-0.05, 0) is 61.4 Å². The molecule has 4 rings (SSSR count). The number of nitrogens with zero attached hydrogens (tertiary/aromatic N) is 1. The predicted molar refractivity (Wildman–Crippen MR) is 119 cm³/mol. The van der Waals surface area contributed by atoms with E-state index in [1.54, 1.807) is 11.8 Å². The Morgan fingerprint density at radius 1 is 0.966 bits per heavy atom. The summed E-state index contributed by atoms with van der Waals surface area (Å²) in [6.07, 6.45) is 0. The van der Waals surface area contributed by atoms with Crippen molar-refractivity contribution in [1.29, 1.82) is 0 Å². The van der Waals surface area contributed by atoms with Gasteiger partial charge in [-0.1, -0.05) is 42.0 Å². The molecule has 0 spiro atoms. The SMILES string of the molecule is Cc1ccc(C(=O)Nc2cccc([C@H]3SCC(=O)N3c3cccc(C)c3)c2)cc1. The number of benzene rings is 3. The molecule has 1 atom stereocenters. The fourth-order valence-corrected chi connectivity index (χ4v) is 4.57. The van der Waals surface area contributed by atoms with Gasteiger partial charge in [0.2, 0.25) is 5.91 Å². The average Bonchev–Trinajstić information content (AvgIpc) is 3.10. The molecule has 5 heteroatoms. The van der Waals surface area contributed by atoms with Gasteiger partial charge >= 0.3 is 0 Å². The van der Waals surface area contributed by atoms with Crippen molar-refractivity contribution >= 4 is 35.0 Å². The lowest BCUT2D eigenvalue weighted by Gasteiger charge is -2.25. The number of nitrogens with one attached hydrogen (secondary N) is 1. The van der Waals surface area contributed by atoms with E-state index in [4.69, 9.17) is 0 Å². The smallest absolute Gasteiger partial charge is 0.255 e. The summed E-state index contributed by atoms with van der Waals surface area (Å²) in [7, 11) is 0. The first kappa shape index (κ1) is 19.3. The van der Waals surface area contributed by atoms with Crippen LogP contribution in [0.5, 0.6) is 0 Å². The van der Waals surface area contributed by atoms with Gasteiger partial charge in [-0.15, -0.1) is 11.8 Å². The predicted octanol–water partition coefficient (Wildman–Crippen LogP) is 5.33. The van der Waals surface area contributed by atoms with E-state index in [0.717, 1.165) is 28.1 Å². The zero-order chi connectivity index (χ0) is 20.4. The Balaban J connectivity index is 1.58. The summed E-state index contributed by atoms with van der Waals surface area (Å²) >= 11 is 1.60. The third kappa shape index (κ3) is 4.20. The number of carbonyl (C=O) groups excluding carboxylic acids is 2. The molecule has 1 aliphatic heterocycles. The van der Waals surface area contributed by atoms with Crippen LogP contribution < -0.4 is 10.2 Å². The second-order valence-electron chi connectivity index (χ2n) is 7.21. The van der Waals surface area contributed by atoms with Gasteiger partial charge in [-0.3, -0.25) is 14.5 Å². The van der Waals surface area contributed by atoms with E-state index in [1.807, 2.05) is 91.5 Å². The van der Waals surface area contributed by atoms with Gasteiger partial charge in [0.15, 0.2) is 0 Å². The van der Waals surface area contributed by atoms with Crippen LogP contribution in [0.4, 0.5) is 11.4 Å². The molecule has 0 aliphatic carbocycles. The highest BCUT2D eigenvalue weighted by Gasteiger charge is 2.34. The minimum Gasteiger partial charge on any atom is -0.322 e. The summed E-state index contributed by atoms with van der Waals surface area (Å²) in [5, 5.41) is 2.85. The third-order valence-corrected chi connectivity index (χ3v) is 6.10. The second-order valence-corrected chi connectivity index (χ2v) is 8.28. The summed E-state index contributed by atoms with van der Waals surface area (Å²) in [6, 6.07) is 23.2. The molecule has 1 saturated heterocycles. The van der Waals surface area contributed by atoms with Crippen LogP contribution in [-0.2, 0) is 4.79 Å². The first-order chi connectivity index (χ1) is 14.0. The van der Waals surface area contributed by atoms with Gasteiger partial charge in [0.1, 0.15) is 5.37 Å². The van der Waals surface area contributed by atoms with Gasteiger partial charge in [-0.2, -0.15) is 0 Å². The molecule has 3 aromatic rings. The van der Waals surface area contributed by atoms with Crippen molar-refractivity contribution in [3.05, 3.63) is 95.1 Å². The minimum absolute atomic E-state index is 0.0969. The van der Waals surface area contributed by atoms with Crippen molar-refractivity contribution in [2.45, 2.75) is 19.2 Å². The average molecular weight is 403 g/mol. The molecule has 0 saturated carbocycles. The molecular weight excluding hydrogens is 380 g/mol. The van der Waals surface area contributed by atoms with E-state index < -0.39 is 0 Å². The summed E-state index contributed by atoms with van der Waals surface area (Å²) in [5.41, 5.74) is 5.46. The zero-order valence-electron chi connectivity index (χ0n) is 16.4. The Morgan fingerprint density at radius 3 is 2.48 bits per heavy atom. The maximum atomic E-state index is 12.6. The monoisotopic (exact) mass is 402 g/mol. The highest BCUT2D eigenvalue weighted by atomic mass is 32.2. The fourth-order valence-electron chi connectivity index (χ4n) is 3.41. The summed E-state index contributed by atoms with van der Waals surface area (Å²) in [6.45, 7) is 4.01. The van der Waals surface area contributed by atoms with Crippen molar-refractivity contribution in [1.82, 2.24) is 0 Å². The lowest BCUT2D eigenvalue weighted by Crippen LogP contribution is -2.27. The van der Waals surface area contributed by atoms with E-state index in [-0.39, 0.29) is 17.2 Å². The first-order valence-corrected chi connectivity index (χ1v) is 10.5. The van der Waals surface area contributed by atoms with Gasteiger partial charge < -0.3 is 5.32 Å². The number of hydrogen-bond acceptors (Lipinski definition) is 3. The zero-order valence-corrected chi connectivity index (χ0v) is 17.2. The van der Waals surface area contributed by atoms with E-state index in [9.17, 15) is 9.59 Å². The largest absolute Gasteiger partial charge is 0.322 e. The van der Waals surface area contributed by atoms with Crippen LogP contribution in [0.1, 0.15) is 32.4 Å². The van der Waals surface area contributed by atoms with Crippen molar-refractivity contribution < 1.29 is 9.59 Å². The first-order valence-electron chi connectivity index (χ1n) is 9.49. The van der Waals surface area contributed by atoms with Gasteiger partial charge in [0.25, 0.3) is 5.91 Å². The van der Waals surface area contributed by atoms with E-state index in [1.165, 1.54) is 0 Å². The number of rotatable bonds is 4. The van der Waals surface area contributed by atoms with E-state index >= 15 is 0 Å². The summed E-state index contributed by atoms with van der Waals surface area (Å²) < 4.78 is 0. The lowest BCUT2D eigenvalue weighted by molar-refractivity contribution is -0.115. The number of anilines is 2. The standard InChI is InChI=1S/C24H22N2O2S/c1-16-9-11-18(12-10-16)23(28)25-20-7-4-6-19(14-20)24-26(22(27)15-29-24)21-8-3-5-17(2)13-21/h3-14,24H,15H2,1-2H3,(H,25,28)/t24-/m1/s1. The van der Waals surface area contributed by atoms with Crippen LogP contribution in [0.3, 0.4) is 0 Å². The molecule has 1 N–H and O–H groups in total. The van der Waals surface area contributed by atoms with Crippen molar-refractivity contribution in [2.75, 3.05) is 16.0 Å².